The van der Waals surface area contributed by atoms with Crippen molar-refractivity contribution in [1.29, 1.82) is 0 Å². The van der Waals surface area contributed by atoms with Crippen molar-refractivity contribution in [3.63, 3.8) is 0 Å². The van der Waals surface area contributed by atoms with Crippen LogP contribution in [0.1, 0.15) is 16.9 Å². The summed E-state index contributed by atoms with van der Waals surface area (Å²) in [4.78, 5) is 24.3. The zero-order valence-electron chi connectivity index (χ0n) is 11.2. The van der Waals surface area contributed by atoms with Crippen molar-refractivity contribution in [1.82, 2.24) is 0 Å². The Bertz CT molecular complexity index is 665. The van der Waals surface area contributed by atoms with Crippen molar-refractivity contribution < 1.29 is 14.7 Å². The summed E-state index contributed by atoms with van der Waals surface area (Å²) in [5.74, 6) is -0.292. The molecule has 0 amide bonds. The van der Waals surface area contributed by atoms with Crippen LogP contribution in [0.25, 0.3) is 12.2 Å². The molecule has 2 aromatic rings. The highest BCUT2D eigenvalue weighted by molar-refractivity contribution is 7.10. The lowest BCUT2D eigenvalue weighted by Gasteiger charge is -1.94. The zero-order chi connectivity index (χ0) is 15.1. The van der Waals surface area contributed by atoms with E-state index in [1.54, 1.807) is 36.4 Å². The fourth-order valence-corrected chi connectivity index (χ4v) is 2.24. The van der Waals surface area contributed by atoms with Crippen molar-refractivity contribution in [3.8, 4) is 5.75 Å². The van der Waals surface area contributed by atoms with Gasteiger partial charge in [-0.2, -0.15) is 0 Å². The highest BCUT2D eigenvalue weighted by Crippen LogP contribution is 2.12. The van der Waals surface area contributed by atoms with Crippen LogP contribution in [-0.4, -0.2) is 16.7 Å². The number of benzene rings is 1. The first-order valence-corrected chi connectivity index (χ1v) is 7.26. The number of carbonyl (C=O) groups excluding carboxylic acids is 2. The normalized spacial score (nSPS) is 11.2. The van der Waals surface area contributed by atoms with E-state index in [0.717, 1.165) is 10.4 Å². The van der Waals surface area contributed by atoms with E-state index >= 15 is 0 Å². The largest absolute Gasteiger partial charge is 0.508 e. The molecular formula is C17H14O3S. The third-order valence-corrected chi connectivity index (χ3v) is 3.52. The Morgan fingerprint density at radius 2 is 1.67 bits per heavy atom. The third-order valence-electron chi connectivity index (χ3n) is 2.68. The number of allylic oxidation sites excluding steroid dienone is 2. The number of thiophene rings is 1. The lowest BCUT2D eigenvalue weighted by atomic mass is 10.1. The lowest BCUT2D eigenvalue weighted by Crippen LogP contribution is -2.01. The van der Waals surface area contributed by atoms with Crippen LogP contribution in [0, 0.1) is 0 Å². The smallest absolute Gasteiger partial charge is 0.163 e. The van der Waals surface area contributed by atoms with Gasteiger partial charge in [0.25, 0.3) is 0 Å². The first-order chi connectivity index (χ1) is 10.1. The van der Waals surface area contributed by atoms with E-state index in [2.05, 4.69) is 0 Å². The number of ketones is 2. The number of hydrogen-bond donors (Lipinski definition) is 1. The summed E-state index contributed by atoms with van der Waals surface area (Å²) in [6.45, 7) is 0. The Labute approximate surface area is 126 Å². The van der Waals surface area contributed by atoms with Gasteiger partial charge in [0.05, 0.1) is 6.42 Å². The molecule has 0 bridgehead atoms. The molecule has 0 aliphatic heterocycles. The molecule has 4 heteroatoms. The topological polar surface area (TPSA) is 54.4 Å². The summed E-state index contributed by atoms with van der Waals surface area (Å²) in [6.07, 6.45) is 6.00. The van der Waals surface area contributed by atoms with Gasteiger partial charge in [-0.25, -0.2) is 0 Å². The number of hydrogen-bond acceptors (Lipinski definition) is 4. The monoisotopic (exact) mass is 298 g/mol. The summed E-state index contributed by atoms with van der Waals surface area (Å²) in [6, 6.07) is 10.3. The molecule has 1 heterocycles. The molecule has 1 N–H and O–H groups in total. The van der Waals surface area contributed by atoms with Crippen LogP contribution in [0.5, 0.6) is 5.75 Å². The predicted molar refractivity (Wildman–Crippen MR) is 85.1 cm³/mol. The van der Waals surface area contributed by atoms with Crippen molar-refractivity contribution in [2.75, 3.05) is 0 Å². The van der Waals surface area contributed by atoms with Crippen molar-refractivity contribution in [2.24, 2.45) is 0 Å². The van der Waals surface area contributed by atoms with E-state index in [0.29, 0.717) is 0 Å². The van der Waals surface area contributed by atoms with Crippen molar-refractivity contribution in [2.45, 2.75) is 6.42 Å². The number of phenols is 1. The average molecular weight is 298 g/mol. The molecule has 0 atom stereocenters. The summed E-state index contributed by atoms with van der Waals surface area (Å²) in [7, 11) is 0. The Hall–Kier alpha value is -2.46. The molecular weight excluding hydrogens is 284 g/mol. The molecule has 0 radical (unpaired) electrons. The molecule has 0 spiro atoms. The molecule has 0 fully saturated rings. The number of carbonyl (C=O) groups is 2. The van der Waals surface area contributed by atoms with Gasteiger partial charge in [0.2, 0.25) is 0 Å². The maximum absolute atomic E-state index is 11.7. The second-order valence-electron chi connectivity index (χ2n) is 4.38. The molecule has 1 aromatic carbocycles. The third kappa shape index (κ3) is 5.20. The first kappa shape index (κ1) is 14.9. The molecule has 3 nitrogen and oxygen atoms in total. The first-order valence-electron chi connectivity index (χ1n) is 6.38. The second-order valence-corrected chi connectivity index (χ2v) is 5.36. The summed E-state index contributed by atoms with van der Waals surface area (Å²) in [5, 5.41) is 11.1. The molecule has 0 aliphatic rings. The van der Waals surface area contributed by atoms with Crippen LogP contribution in [-0.2, 0) is 9.59 Å². The quantitative estimate of drug-likeness (QED) is 0.653. The highest BCUT2D eigenvalue weighted by Gasteiger charge is 2.03. The summed E-state index contributed by atoms with van der Waals surface area (Å²) in [5.41, 5.74) is 0.794. The van der Waals surface area contributed by atoms with Gasteiger partial charge in [0, 0.05) is 4.88 Å². The van der Waals surface area contributed by atoms with Gasteiger partial charge in [-0.1, -0.05) is 24.3 Å². The zero-order valence-corrected chi connectivity index (χ0v) is 12.0. The van der Waals surface area contributed by atoms with Gasteiger partial charge in [-0.15, -0.1) is 11.3 Å². The maximum Gasteiger partial charge on any atom is 0.163 e. The summed E-state index contributed by atoms with van der Waals surface area (Å²) < 4.78 is 0. The Balaban J connectivity index is 1.86. The van der Waals surface area contributed by atoms with Gasteiger partial charge in [-0.3, -0.25) is 9.59 Å². The minimum Gasteiger partial charge on any atom is -0.508 e. The van der Waals surface area contributed by atoms with Gasteiger partial charge >= 0.3 is 0 Å². The van der Waals surface area contributed by atoms with Crippen molar-refractivity contribution >= 4 is 35.1 Å². The highest BCUT2D eigenvalue weighted by atomic mass is 32.1. The van der Waals surface area contributed by atoms with Gasteiger partial charge in [-0.05, 0) is 47.4 Å². The molecule has 0 saturated carbocycles. The van der Waals surface area contributed by atoms with E-state index in [-0.39, 0.29) is 23.7 Å². The molecule has 2 rings (SSSR count). The van der Waals surface area contributed by atoms with Gasteiger partial charge < -0.3 is 5.11 Å². The second kappa shape index (κ2) is 7.36. The minimum absolute atomic E-state index is 0.142. The van der Waals surface area contributed by atoms with E-state index < -0.39 is 0 Å². The number of rotatable bonds is 6. The fourth-order valence-electron chi connectivity index (χ4n) is 1.63. The van der Waals surface area contributed by atoms with Crippen LogP contribution in [0.15, 0.2) is 53.9 Å². The van der Waals surface area contributed by atoms with E-state index in [4.69, 9.17) is 5.11 Å². The van der Waals surface area contributed by atoms with Crippen LogP contribution in [0.3, 0.4) is 0 Å². The van der Waals surface area contributed by atoms with Gasteiger partial charge in [0.15, 0.2) is 11.6 Å². The molecule has 106 valence electrons. The fraction of sp³-hybridized carbons (Fsp3) is 0.0588. The van der Waals surface area contributed by atoms with Gasteiger partial charge in [0.1, 0.15) is 5.75 Å². The summed E-state index contributed by atoms with van der Waals surface area (Å²) >= 11 is 1.53. The van der Waals surface area contributed by atoms with E-state index in [1.165, 1.54) is 23.5 Å². The van der Waals surface area contributed by atoms with Crippen LogP contribution in [0.2, 0.25) is 0 Å². The molecule has 0 aliphatic carbocycles. The lowest BCUT2D eigenvalue weighted by molar-refractivity contribution is -0.121. The number of aromatic hydroxyl groups is 1. The van der Waals surface area contributed by atoms with Crippen LogP contribution >= 0.6 is 11.3 Å². The van der Waals surface area contributed by atoms with E-state index in [9.17, 15) is 9.59 Å². The molecule has 1 aromatic heterocycles. The Morgan fingerprint density at radius 3 is 2.29 bits per heavy atom. The molecule has 21 heavy (non-hydrogen) atoms. The SMILES string of the molecule is O=C(C=Cc1ccc(O)cc1)CC(=O)C=Cc1cccs1. The average Bonchev–Trinajstić information content (AvgIpc) is 2.98. The van der Waals surface area contributed by atoms with Crippen LogP contribution in [0.4, 0.5) is 0 Å². The number of phenolic OH excluding ortho intramolecular Hbond substituents is 1. The minimum atomic E-state index is -0.246. The standard InChI is InChI=1S/C17H14O3S/c18-14-6-3-13(4-7-14)5-8-15(19)12-16(20)9-10-17-2-1-11-21-17/h1-11,18H,12H2. The predicted octanol–water partition coefficient (Wildman–Crippen LogP) is 3.71. The van der Waals surface area contributed by atoms with Crippen molar-refractivity contribution in [3.05, 3.63) is 64.4 Å². The van der Waals surface area contributed by atoms with E-state index in [1.807, 2.05) is 17.5 Å². The Kier molecular flexibility index (Phi) is 5.23. The molecule has 0 saturated heterocycles. The molecule has 0 unspecified atom stereocenters. The Morgan fingerprint density at radius 1 is 1.00 bits per heavy atom. The maximum atomic E-state index is 11.7. The van der Waals surface area contributed by atoms with Crippen LogP contribution < -0.4 is 0 Å².